The number of benzene rings is 2. The lowest BCUT2D eigenvalue weighted by molar-refractivity contribution is -0.131. The number of halogens is 1. The van der Waals surface area contributed by atoms with E-state index in [0.29, 0.717) is 18.6 Å². The lowest BCUT2D eigenvalue weighted by atomic mass is 10.0. The predicted octanol–water partition coefficient (Wildman–Crippen LogP) is 3.57. The topological polar surface area (TPSA) is 55.8 Å². The van der Waals surface area contributed by atoms with Crippen molar-refractivity contribution >= 4 is 16.7 Å². The average molecular weight is 292 g/mol. The lowest BCUT2D eigenvalue weighted by Crippen LogP contribution is -2.07. The smallest absolute Gasteiger partial charge is 0.308 e. The van der Waals surface area contributed by atoms with Gasteiger partial charge >= 0.3 is 5.97 Å². The van der Waals surface area contributed by atoms with Gasteiger partial charge in [-0.25, -0.2) is 4.39 Å². The molecule has 0 atom stereocenters. The van der Waals surface area contributed by atoms with Crippen LogP contribution >= 0.6 is 0 Å². The summed E-state index contributed by atoms with van der Waals surface area (Å²) in [4.78, 5) is 11.3. The van der Waals surface area contributed by atoms with Crippen LogP contribution in [0.4, 0.5) is 4.39 Å². The molecule has 0 spiro atoms. The molecule has 0 aliphatic rings. The number of carbonyl (C=O) groups excluding carboxylic acids is 1. The number of hydrogen-bond donors (Lipinski definition) is 1. The van der Waals surface area contributed by atoms with Crippen molar-refractivity contribution in [1.82, 2.24) is 0 Å². The van der Waals surface area contributed by atoms with Crippen LogP contribution in [0.25, 0.3) is 10.8 Å². The zero-order valence-corrected chi connectivity index (χ0v) is 12.2. The molecule has 112 valence electrons. The summed E-state index contributed by atoms with van der Waals surface area (Å²) < 4.78 is 24.8. The maximum atomic E-state index is 14.2. The summed E-state index contributed by atoms with van der Waals surface area (Å²) in [6, 6.07) is 4.30. The Balaban J connectivity index is 2.92. The second-order valence-corrected chi connectivity index (χ2v) is 4.53. The molecule has 0 amide bonds. The van der Waals surface area contributed by atoms with Gasteiger partial charge in [-0.2, -0.15) is 0 Å². The molecule has 2 aromatic rings. The highest BCUT2D eigenvalue weighted by Crippen LogP contribution is 2.46. The molecule has 0 aliphatic carbocycles. The van der Waals surface area contributed by atoms with E-state index in [1.165, 1.54) is 19.1 Å². The van der Waals surface area contributed by atoms with E-state index in [-0.39, 0.29) is 28.0 Å². The number of fused-ring (bicyclic) bond motifs is 1. The van der Waals surface area contributed by atoms with E-state index in [2.05, 4.69) is 0 Å². The molecule has 1 N–H and O–H groups in total. The number of hydrogen-bond acceptors (Lipinski definition) is 4. The zero-order chi connectivity index (χ0) is 15.6. The third kappa shape index (κ3) is 2.63. The Morgan fingerprint density at radius 2 is 2.00 bits per heavy atom. The van der Waals surface area contributed by atoms with Crippen molar-refractivity contribution in [1.29, 1.82) is 0 Å². The van der Waals surface area contributed by atoms with Crippen LogP contribution in [0.1, 0.15) is 26.3 Å². The van der Waals surface area contributed by atoms with Crippen LogP contribution in [-0.4, -0.2) is 17.7 Å². The van der Waals surface area contributed by atoms with Crippen LogP contribution in [0.5, 0.6) is 17.2 Å². The molecule has 0 aliphatic heterocycles. The first-order chi connectivity index (χ1) is 10.0. The Morgan fingerprint density at radius 3 is 2.57 bits per heavy atom. The van der Waals surface area contributed by atoms with Gasteiger partial charge in [-0.05, 0) is 19.4 Å². The first kappa shape index (κ1) is 15.1. The van der Waals surface area contributed by atoms with Crippen molar-refractivity contribution in [2.75, 3.05) is 6.61 Å². The maximum Gasteiger partial charge on any atom is 0.308 e. The van der Waals surface area contributed by atoms with E-state index < -0.39 is 11.8 Å². The maximum absolute atomic E-state index is 14.2. The monoisotopic (exact) mass is 292 g/mol. The van der Waals surface area contributed by atoms with E-state index in [1.54, 1.807) is 13.0 Å². The summed E-state index contributed by atoms with van der Waals surface area (Å²) in [7, 11) is 0. The molecule has 21 heavy (non-hydrogen) atoms. The van der Waals surface area contributed by atoms with Crippen molar-refractivity contribution in [3.63, 3.8) is 0 Å². The third-order valence-corrected chi connectivity index (χ3v) is 3.15. The summed E-state index contributed by atoms with van der Waals surface area (Å²) in [5.74, 6) is -0.910. The van der Waals surface area contributed by atoms with Gasteiger partial charge in [0, 0.05) is 17.9 Å². The molecule has 0 radical (unpaired) electrons. The Morgan fingerprint density at radius 1 is 1.29 bits per heavy atom. The van der Waals surface area contributed by atoms with Gasteiger partial charge in [0.05, 0.1) is 12.0 Å². The van der Waals surface area contributed by atoms with Crippen LogP contribution in [0.15, 0.2) is 18.2 Å². The van der Waals surface area contributed by atoms with Crippen LogP contribution in [0, 0.1) is 5.82 Å². The van der Waals surface area contributed by atoms with Crippen molar-refractivity contribution in [2.24, 2.45) is 0 Å². The first-order valence-electron chi connectivity index (χ1n) is 6.78. The standard InChI is InChI=1S/C16H17FO4/c1-4-10-15(21-9(3)18)13-11(7-6-8-12(13)17)14(19)16(10)20-5-2/h6-8,19H,4-5H2,1-3H3. The molecule has 2 rings (SSSR count). The van der Waals surface area contributed by atoms with Gasteiger partial charge in [-0.3, -0.25) is 4.79 Å². The van der Waals surface area contributed by atoms with Gasteiger partial charge in [0.25, 0.3) is 0 Å². The van der Waals surface area contributed by atoms with Crippen molar-refractivity contribution < 1.29 is 23.8 Å². The van der Waals surface area contributed by atoms with Crippen LogP contribution in [-0.2, 0) is 11.2 Å². The number of phenols is 1. The first-order valence-corrected chi connectivity index (χ1v) is 6.78. The number of esters is 1. The molecule has 0 bridgehead atoms. The molecular formula is C16H17FO4. The minimum atomic E-state index is -0.559. The molecule has 0 heterocycles. The Bertz CT molecular complexity index is 694. The molecule has 5 heteroatoms. The van der Waals surface area contributed by atoms with Crippen molar-refractivity contribution in [3.05, 3.63) is 29.6 Å². The second kappa shape index (κ2) is 5.99. The molecule has 4 nitrogen and oxygen atoms in total. The number of carbonyl (C=O) groups is 1. The van der Waals surface area contributed by atoms with Gasteiger partial charge in [0.2, 0.25) is 0 Å². The molecular weight excluding hydrogens is 275 g/mol. The zero-order valence-electron chi connectivity index (χ0n) is 12.2. The molecule has 2 aromatic carbocycles. The third-order valence-electron chi connectivity index (χ3n) is 3.15. The van der Waals surface area contributed by atoms with E-state index in [0.717, 1.165) is 0 Å². The fourth-order valence-corrected chi connectivity index (χ4v) is 2.35. The average Bonchev–Trinajstić information content (AvgIpc) is 2.43. The van der Waals surface area contributed by atoms with Gasteiger partial charge in [0.1, 0.15) is 11.6 Å². The number of rotatable bonds is 4. The highest BCUT2D eigenvalue weighted by Gasteiger charge is 2.23. The van der Waals surface area contributed by atoms with E-state index >= 15 is 0 Å². The SMILES string of the molecule is CCOc1c(CC)c(OC(C)=O)c2c(F)cccc2c1O. The van der Waals surface area contributed by atoms with Gasteiger partial charge in [0.15, 0.2) is 11.5 Å². The summed E-state index contributed by atoms with van der Waals surface area (Å²) in [6.45, 7) is 5.18. The molecule has 0 fully saturated rings. The summed E-state index contributed by atoms with van der Waals surface area (Å²) >= 11 is 0. The number of aromatic hydroxyl groups is 1. The van der Waals surface area contributed by atoms with Crippen LogP contribution < -0.4 is 9.47 Å². The summed E-state index contributed by atoms with van der Waals surface area (Å²) in [6.07, 6.45) is 0.426. The highest BCUT2D eigenvalue weighted by molar-refractivity contribution is 5.98. The molecule has 0 saturated heterocycles. The van der Waals surface area contributed by atoms with Crippen LogP contribution in [0.2, 0.25) is 0 Å². The van der Waals surface area contributed by atoms with Crippen molar-refractivity contribution in [2.45, 2.75) is 27.2 Å². The summed E-state index contributed by atoms with van der Waals surface area (Å²) in [5.41, 5.74) is 0.474. The minimum absolute atomic E-state index is 0.0884. The predicted molar refractivity (Wildman–Crippen MR) is 77.4 cm³/mol. The number of ether oxygens (including phenoxy) is 2. The van der Waals surface area contributed by atoms with Crippen LogP contribution in [0.3, 0.4) is 0 Å². The molecule has 0 saturated carbocycles. The van der Waals surface area contributed by atoms with E-state index in [1.807, 2.05) is 6.92 Å². The normalized spacial score (nSPS) is 10.7. The van der Waals surface area contributed by atoms with E-state index in [9.17, 15) is 14.3 Å². The Labute approximate surface area is 122 Å². The Kier molecular flexibility index (Phi) is 4.31. The second-order valence-electron chi connectivity index (χ2n) is 4.53. The quantitative estimate of drug-likeness (QED) is 0.691. The van der Waals surface area contributed by atoms with E-state index in [4.69, 9.17) is 9.47 Å². The minimum Gasteiger partial charge on any atom is -0.504 e. The highest BCUT2D eigenvalue weighted by atomic mass is 19.1. The van der Waals surface area contributed by atoms with Crippen molar-refractivity contribution in [3.8, 4) is 17.2 Å². The van der Waals surface area contributed by atoms with Gasteiger partial charge < -0.3 is 14.6 Å². The fourth-order valence-electron chi connectivity index (χ4n) is 2.35. The summed E-state index contributed by atoms with van der Waals surface area (Å²) in [5, 5.41) is 10.7. The van der Waals surface area contributed by atoms with Gasteiger partial charge in [-0.15, -0.1) is 0 Å². The molecule has 0 aromatic heterocycles. The Hall–Kier alpha value is -2.30. The van der Waals surface area contributed by atoms with Gasteiger partial charge in [-0.1, -0.05) is 19.1 Å². The number of phenolic OH excluding ortho intramolecular Hbond substituents is 1. The largest absolute Gasteiger partial charge is 0.504 e. The fraction of sp³-hybridized carbons (Fsp3) is 0.312. The molecule has 0 unspecified atom stereocenters. The lowest BCUT2D eigenvalue weighted by Gasteiger charge is -2.18.